The van der Waals surface area contributed by atoms with E-state index < -0.39 is 23.7 Å². The van der Waals surface area contributed by atoms with Gasteiger partial charge in [0.1, 0.15) is 5.75 Å². The van der Waals surface area contributed by atoms with Crippen LogP contribution in [-0.4, -0.2) is 30.2 Å². The van der Waals surface area contributed by atoms with Crippen LogP contribution in [0.4, 0.5) is 11.4 Å². The lowest BCUT2D eigenvalue weighted by Gasteiger charge is -2.17. The van der Waals surface area contributed by atoms with Crippen LogP contribution in [0.25, 0.3) is 0 Å². The number of halogens is 5. The Morgan fingerprint density at radius 2 is 1.38 bits per heavy atom. The van der Waals surface area contributed by atoms with Gasteiger partial charge in [-0.25, -0.2) is 4.90 Å². The molecule has 0 aliphatic carbocycles. The number of imide groups is 1. The van der Waals surface area contributed by atoms with Gasteiger partial charge in [0, 0.05) is 29.7 Å². The summed E-state index contributed by atoms with van der Waals surface area (Å²) in [5.74, 6) is -3.01. The van der Waals surface area contributed by atoms with Crippen LogP contribution in [0.2, 0.25) is 25.1 Å². The van der Waals surface area contributed by atoms with Gasteiger partial charge < -0.3 is 9.64 Å². The summed E-state index contributed by atoms with van der Waals surface area (Å²) >= 11 is 30.4. The zero-order valence-electron chi connectivity index (χ0n) is 18.4. The Morgan fingerprint density at radius 1 is 0.784 bits per heavy atom. The van der Waals surface area contributed by atoms with E-state index in [1.54, 1.807) is 24.3 Å². The highest BCUT2D eigenvalue weighted by atomic mass is 35.5. The van der Waals surface area contributed by atoms with Crippen molar-refractivity contribution in [1.29, 1.82) is 0 Å². The van der Waals surface area contributed by atoms with E-state index in [0.717, 1.165) is 4.90 Å². The molecule has 3 aromatic rings. The van der Waals surface area contributed by atoms with Crippen molar-refractivity contribution in [1.82, 2.24) is 0 Å². The Balaban J connectivity index is 1.36. The van der Waals surface area contributed by atoms with E-state index in [1.807, 2.05) is 0 Å². The first kappa shape index (κ1) is 25.8. The highest BCUT2D eigenvalue weighted by Gasteiger charge is 2.43. The number of carbonyl (C=O) groups is 4. The van der Waals surface area contributed by atoms with Crippen molar-refractivity contribution in [3.8, 4) is 5.75 Å². The standard InChI is InChI=1S/C25H13Cl5N2O5/c26-12-4-6-13(7-5-12)31-10-11(8-16(31)33)25(36)37-15-3-1-2-14(9-15)32-23(34)17-18(24(32)35)20(28)22(30)21(29)19(17)27/h1-7,9,11H,8,10H2/t11-/m1/s1. The molecule has 12 heteroatoms. The van der Waals surface area contributed by atoms with E-state index in [1.165, 1.54) is 29.2 Å². The minimum absolute atomic E-state index is 0.0297. The second kappa shape index (κ2) is 9.82. The molecular formula is C25H13Cl5N2O5. The summed E-state index contributed by atoms with van der Waals surface area (Å²) in [5, 5.41) is -0.135. The third-order valence-electron chi connectivity index (χ3n) is 5.99. The predicted molar refractivity (Wildman–Crippen MR) is 142 cm³/mol. The molecule has 7 nitrogen and oxygen atoms in total. The first-order chi connectivity index (χ1) is 17.6. The number of rotatable bonds is 4. The number of benzene rings is 3. The Hall–Kier alpha value is -2.81. The SMILES string of the molecule is O=C(Oc1cccc(N2C(=O)c3c(Cl)c(Cl)c(Cl)c(Cl)c3C2=O)c1)[C@@H]1CC(=O)N(c2ccc(Cl)cc2)C1. The molecule has 1 saturated heterocycles. The van der Waals surface area contributed by atoms with Gasteiger partial charge in [-0.15, -0.1) is 0 Å². The number of esters is 1. The van der Waals surface area contributed by atoms with Gasteiger partial charge in [-0.2, -0.15) is 0 Å². The van der Waals surface area contributed by atoms with Gasteiger partial charge in [0.05, 0.1) is 42.8 Å². The van der Waals surface area contributed by atoms with Gasteiger partial charge in [0.2, 0.25) is 5.91 Å². The Morgan fingerprint density at radius 3 is 1.97 bits per heavy atom. The average Bonchev–Trinajstić information content (AvgIpc) is 3.39. The monoisotopic (exact) mass is 596 g/mol. The summed E-state index contributed by atoms with van der Waals surface area (Å²) in [7, 11) is 0. The van der Waals surface area contributed by atoms with Crippen molar-refractivity contribution in [2.45, 2.75) is 6.42 Å². The molecule has 0 N–H and O–H groups in total. The molecule has 1 atom stereocenters. The molecule has 3 amide bonds. The lowest BCUT2D eigenvalue weighted by Crippen LogP contribution is -2.29. The van der Waals surface area contributed by atoms with Crippen LogP contribution in [0.3, 0.4) is 0 Å². The number of anilines is 2. The van der Waals surface area contributed by atoms with Crippen molar-refractivity contribution in [3.63, 3.8) is 0 Å². The number of amides is 3. The van der Waals surface area contributed by atoms with Crippen molar-refractivity contribution in [2.75, 3.05) is 16.3 Å². The maximum absolute atomic E-state index is 13.1. The maximum atomic E-state index is 13.1. The number of nitrogens with zero attached hydrogens (tertiary/aromatic N) is 2. The van der Waals surface area contributed by atoms with Crippen LogP contribution in [0, 0.1) is 5.92 Å². The molecule has 37 heavy (non-hydrogen) atoms. The van der Waals surface area contributed by atoms with E-state index >= 15 is 0 Å². The number of fused-ring (bicyclic) bond motifs is 1. The fourth-order valence-corrected chi connectivity index (χ4v) is 5.35. The quantitative estimate of drug-likeness (QED) is 0.110. The summed E-state index contributed by atoms with van der Waals surface area (Å²) in [6.45, 7) is 0.135. The zero-order chi connectivity index (χ0) is 26.6. The molecule has 0 spiro atoms. The summed E-state index contributed by atoms with van der Waals surface area (Å²) in [4.78, 5) is 53.9. The molecule has 0 radical (unpaired) electrons. The van der Waals surface area contributed by atoms with Gasteiger partial charge in [0.15, 0.2) is 0 Å². The van der Waals surface area contributed by atoms with Crippen molar-refractivity contribution in [3.05, 3.63) is 84.8 Å². The normalized spacial score (nSPS) is 17.0. The van der Waals surface area contributed by atoms with Crippen molar-refractivity contribution >= 4 is 93.1 Å². The molecule has 0 bridgehead atoms. The number of carbonyl (C=O) groups excluding carboxylic acids is 4. The van der Waals surface area contributed by atoms with Crippen LogP contribution < -0.4 is 14.5 Å². The average molecular weight is 599 g/mol. The predicted octanol–water partition coefficient (Wildman–Crippen LogP) is 6.71. The number of hydrogen-bond donors (Lipinski definition) is 0. The van der Waals surface area contributed by atoms with Crippen LogP contribution in [0.1, 0.15) is 27.1 Å². The molecule has 1 fully saturated rings. The molecule has 188 valence electrons. The van der Waals surface area contributed by atoms with Crippen molar-refractivity contribution < 1.29 is 23.9 Å². The Kier molecular flexibility index (Phi) is 6.85. The van der Waals surface area contributed by atoms with E-state index in [9.17, 15) is 19.2 Å². The topological polar surface area (TPSA) is 84.0 Å². The lowest BCUT2D eigenvalue weighted by molar-refractivity contribution is -0.139. The van der Waals surface area contributed by atoms with Crippen LogP contribution in [-0.2, 0) is 9.59 Å². The third kappa shape index (κ3) is 4.45. The second-order valence-corrected chi connectivity index (χ2v) is 10.2. The van der Waals surface area contributed by atoms with Gasteiger partial charge in [0.25, 0.3) is 11.8 Å². The molecule has 0 unspecified atom stereocenters. The van der Waals surface area contributed by atoms with Crippen molar-refractivity contribution in [2.24, 2.45) is 5.92 Å². The lowest BCUT2D eigenvalue weighted by atomic mass is 10.1. The third-order valence-corrected chi connectivity index (χ3v) is 8.05. The van der Waals surface area contributed by atoms with Crippen LogP contribution >= 0.6 is 58.0 Å². The van der Waals surface area contributed by atoms with Crippen LogP contribution in [0.15, 0.2) is 48.5 Å². The molecule has 2 heterocycles. The first-order valence-corrected chi connectivity index (χ1v) is 12.6. The summed E-state index contributed by atoms with van der Waals surface area (Å²) in [6.07, 6.45) is -0.0297. The highest BCUT2D eigenvalue weighted by Crippen LogP contribution is 2.46. The van der Waals surface area contributed by atoms with E-state index in [-0.39, 0.29) is 61.5 Å². The summed E-state index contributed by atoms with van der Waals surface area (Å²) in [6, 6.07) is 12.5. The van der Waals surface area contributed by atoms with Crippen LogP contribution in [0.5, 0.6) is 5.75 Å². The largest absolute Gasteiger partial charge is 0.426 e. The zero-order valence-corrected chi connectivity index (χ0v) is 22.2. The second-order valence-electron chi connectivity index (χ2n) is 8.25. The minimum Gasteiger partial charge on any atom is -0.426 e. The Labute approximate surface area is 235 Å². The fraction of sp³-hybridized carbons (Fsp3) is 0.120. The first-order valence-electron chi connectivity index (χ1n) is 10.7. The maximum Gasteiger partial charge on any atom is 0.316 e. The molecule has 3 aromatic carbocycles. The van der Waals surface area contributed by atoms with Gasteiger partial charge in [-0.3, -0.25) is 19.2 Å². The fourth-order valence-electron chi connectivity index (χ4n) is 4.21. The van der Waals surface area contributed by atoms with Gasteiger partial charge >= 0.3 is 5.97 Å². The van der Waals surface area contributed by atoms with E-state index in [2.05, 4.69) is 0 Å². The number of ether oxygens (including phenoxy) is 1. The Bertz CT molecular complexity index is 1460. The van der Waals surface area contributed by atoms with Gasteiger partial charge in [-0.05, 0) is 36.4 Å². The van der Waals surface area contributed by atoms with Gasteiger partial charge in [-0.1, -0.05) is 64.1 Å². The molecule has 2 aliphatic heterocycles. The molecular weight excluding hydrogens is 586 g/mol. The molecule has 2 aliphatic rings. The summed E-state index contributed by atoms with van der Waals surface area (Å²) in [5.41, 5.74) is 0.400. The highest BCUT2D eigenvalue weighted by molar-refractivity contribution is 6.56. The molecule has 5 rings (SSSR count). The summed E-state index contributed by atoms with van der Waals surface area (Å²) < 4.78 is 5.50. The molecule has 0 saturated carbocycles. The molecule has 0 aromatic heterocycles. The van der Waals surface area contributed by atoms with E-state index in [4.69, 9.17) is 62.7 Å². The minimum atomic E-state index is -0.756. The smallest absolute Gasteiger partial charge is 0.316 e. The van der Waals surface area contributed by atoms with E-state index in [0.29, 0.717) is 10.7 Å². The number of hydrogen-bond acceptors (Lipinski definition) is 5.